The lowest BCUT2D eigenvalue weighted by molar-refractivity contribution is 0.0705. The summed E-state index contributed by atoms with van der Waals surface area (Å²) in [7, 11) is 0. The third-order valence-corrected chi connectivity index (χ3v) is 6.84. The van der Waals surface area contributed by atoms with Crippen LogP contribution in [0.25, 0.3) is 0 Å². The molecule has 6 nitrogen and oxygen atoms in total. The third-order valence-electron chi connectivity index (χ3n) is 6.10. The molecule has 0 aliphatic carbocycles. The van der Waals surface area contributed by atoms with Crippen molar-refractivity contribution in [3.8, 4) is 0 Å². The van der Waals surface area contributed by atoms with E-state index in [1.165, 1.54) is 11.8 Å². The molecule has 1 fully saturated rings. The van der Waals surface area contributed by atoms with Gasteiger partial charge in [0.15, 0.2) is 5.76 Å². The average Bonchev–Trinajstić information content (AvgIpc) is 3.42. The van der Waals surface area contributed by atoms with E-state index in [0.29, 0.717) is 10.0 Å². The highest BCUT2D eigenvalue weighted by atomic mass is 35.5. The maximum atomic E-state index is 13.2. The van der Waals surface area contributed by atoms with Crippen LogP contribution in [0.4, 0.5) is 5.69 Å². The molecule has 1 amide bonds. The number of rotatable bonds is 8. The van der Waals surface area contributed by atoms with E-state index >= 15 is 0 Å². The third kappa shape index (κ3) is 6.75. The Labute approximate surface area is 215 Å². The number of nitrogens with zero attached hydrogens (tertiary/aromatic N) is 2. The van der Waals surface area contributed by atoms with Gasteiger partial charge in [0.25, 0.3) is 5.91 Å². The Morgan fingerprint density at radius 1 is 1.09 bits per heavy atom. The molecule has 182 valence electrons. The summed E-state index contributed by atoms with van der Waals surface area (Å²) in [6, 6.07) is 18.9. The number of hydrogen-bond acceptors (Lipinski definition) is 5. The number of nitrogens with one attached hydrogen (secondary N) is 2. The van der Waals surface area contributed by atoms with Crippen LogP contribution in [-0.4, -0.2) is 47.2 Å². The van der Waals surface area contributed by atoms with Gasteiger partial charge < -0.3 is 14.6 Å². The molecular formula is C27H28Cl2N4O2. The normalized spacial score (nSPS) is 14.8. The van der Waals surface area contributed by atoms with Gasteiger partial charge in [-0.1, -0.05) is 53.5 Å². The maximum absolute atomic E-state index is 13.2. The number of furan rings is 1. The van der Waals surface area contributed by atoms with Crippen LogP contribution in [0, 0.1) is 5.41 Å². The fourth-order valence-corrected chi connectivity index (χ4v) is 4.51. The number of hydrogen-bond donors (Lipinski definition) is 2. The Hall–Kier alpha value is -3.06. The second-order valence-electron chi connectivity index (χ2n) is 8.45. The first kappa shape index (κ1) is 25.0. The van der Waals surface area contributed by atoms with E-state index in [0.717, 1.165) is 44.6 Å². The number of benzene rings is 2. The molecule has 1 aliphatic rings. The van der Waals surface area contributed by atoms with Crippen LogP contribution < -0.4 is 5.32 Å². The lowest BCUT2D eigenvalue weighted by Crippen LogP contribution is -2.49. The monoisotopic (exact) mass is 510 g/mol. The van der Waals surface area contributed by atoms with Crippen molar-refractivity contribution in [3.05, 3.63) is 101 Å². The minimum atomic E-state index is -0.304. The summed E-state index contributed by atoms with van der Waals surface area (Å²) in [6.07, 6.45) is 7.25. The van der Waals surface area contributed by atoms with Crippen molar-refractivity contribution in [2.45, 2.75) is 25.3 Å². The number of piperidine rings is 1. The van der Waals surface area contributed by atoms with Crippen molar-refractivity contribution in [3.63, 3.8) is 0 Å². The minimum Gasteiger partial charge on any atom is -0.459 e. The topological polar surface area (TPSA) is 72.6 Å². The molecule has 8 heteroatoms. The van der Waals surface area contributed by atoms with Gasteiger partial charge in [0.1, 0.15) is 5.84 Å². The van der Waals surface area contributed by atoms with Crippen molar-refractivity contribution >= 4 is 40.6 Å². The highest BCUT2D eigenvalue weighted by Crippen LogP contribution is 2.25. The number of halogens is 2. The molecule has 2 heterocycles. The van der Waals surface area contributed by atoms with Crippen LogP contribution >= 0.6 is 23.2 Å². The number of amidine groups is 1. The molecule has 35 heavy (non-hydrogen) atoms. The van der Waals surface area contributed by atoms with Gasteiger partial charge in [0.05, 0.1) is 16.3 Å². The fourth-order valence-electron chi connectivity index (χ4n) is 4.21. The predicted octanol–water partition coefficient (Wildman–Crippen LogP) is 6.34. The summed E-state index contributed by atoms with van der Waals surface area (Å²) in [6.45, 7) is 2.73. The summed E-state index contributed by atoms with van der Waals surface area (Å²) >= 11 is 12.0. The summed E-state index contributed by atoms with van der Waals surface area (Å²) < 4.78 is 5.36. The molecule has 0 bridgehead atoms. The summed E-state index contributed by atoms with van der Waals surface area (Å²) in [5.41, 5.74) is 2.06. The molecule has 3 aromatic rings. The SMILES string of the molecule is N=C(/C=C\Nc1ccc(Cl)c(Cl)c1)N(C(=O)c1ccco1)C1CCN(CCc2ccccc2)CC1. The van der Waals surface area contributed by atoms with Crippen molar-refractivity contribution in [1.29, 1.82) is 5.41 Å². The Bertz CT molecular complexity index is 1160. The van der Waals surface area contributed by atoms with E-state index in [1.54, 1.807) is 47.5 Å². The van der Waals surface area contributed by atoms with Gasteiger partial charge >= 0.3 is 0 Å². The van der Waals surface area contributed by atoms with E-state index < -0.39 is 0 Å². The maximum Gasteiger partial charge on any atom is 0.295 e. The Kier molecular flexibility index (Phi) is 8.64. The van der Waals surface area contributed by atoms with Gasteiger partial charge in [0.2, 0.25) is 0 Å². The molecule has 0 unspecified atom stereocenters. The molecule has 4 rings (SSSR count). The number of anilines is 1. The largest absolute Gasteiger partial charge is 0.459 e. The van der Waals surface area contributed by atoms with Crippen molar-refractivity contribution in [2.24, 2.45) is 0 Å². The first-order valence-electron chi connectivity index (χ1n) is 11.6. The summed E-state index contributed by atoms with van der Waals surface area (Å²) in [5.74, 6) is 0.0238. The van der Waals surface area contributed by atoms with Crippen LogP contribution in [0.5, 0.6) is 0 Å². The van der Waals surface area contributed by atoms with Crippen LogP contribution in [0.3, 0.4) is 0 Å². The molecular weight excluding hydrogens is 483 g/mol. The van der Waals surface area contributed by atoms with Crippen LogP contribution in [0.2, 0.25) is 10.0 Å². The van der Waals surface area contributed by atoms with E-state index in [-0.39, 0.29) is 23.5 Å². The number of carbonyl (C=O) groups is 1. The molecule has 1 saturated heterocycles. The number of carbonyl (C=O) groups excluding carboxylic acids is 1. The first-order valence-corrected chi connectivity index (χ1v) is 12.4. The standard InChI is InChI=1S/C27H28Cl2N4O2/c28-23-9-8-21(19-24(23)29)31-14-10-26(30)33(27(34)25-7-4-18-35-25)22-12-16-32(17-13-22)15-11-20-5-2-1-3-6-20/h1-10,14,18-19,22,30-31H,11-13,15-17H2/b14-10-,30-26?. The molecule has 1 aromatic heterocycles. The fraction of sp³-hybridized carbons (Fsp3) is 0.259. The van der Waals surface area contributed by atoms with Crippen LogP contribution in [0.15, 0.2) is 83.6 Å². The molecule has 2 aromatic carbocycles. The van der Waals surface area contributed by atoms with Gasteiger partial charge in [-0.15, -0.1) is 0 Å². The Morgan fingerprint density at radius 2 is 1.86 bits per heavy atom. The zero-order chi connectivity index (χ0) is 24.6. The van der Waals surface area contributed by atoms with E-state index in [9.17, 15) is 4.79 Å². The van der Waals surface area contributed by atoms with Gasteiger partial charge in [-0.05, 0) is 61.2 Å². The smallest absolute Gasteiger partial charge is 0.295 e. The quantitative estimate of drug-likeness (QED) is 0.274. The highest BCUT2D eigenvalue weighted by Gasteiger charge is 2.31. The molecule has 2 N–H and O–H groups in total. The molecule has 0 spiro atoms. The molecule has 0 radical (unpaired) electrons. The van der Waals surface area contributed by atoms with Gasteiger partial charge in [0, 0.05) is 37.6 Å². The first-order chi connectivity index (χ1) is 17.0. The van der Waals surface area contributed by atoms with Crippen LogP contribution in [0.1, 0.15) is 29.0 Å². The van der Waals surface area contributed by atoms with E-state index in [1.807, 2.05) is 6.07 Å². The van der Waals surface area contributed by atoms with Crippen LogP contribution in [-0.2, 0) is 6.42 Å². The Morgan fingerprint density at radius 3 is 2.54 bits per heavy atom. The van der Waals surface area contributed by atoms with Gasteiger partial charge in [-0.2, -0.15) is 0 Å². The van der Waals surface area contributed by atoms with Crippen molar-refractivity contribution < 1.29 is 9.21 Å². The van der Waals surface area contributed by atoms with Gasteiger partial charge in [-0.3, -0.25) is 15.1 Å². The molecule has 0 saturated carbocycles. The average molecular weight is 511 g/mol. The minimum absolute atomic E-state index is 0.0808. The second-order valence-corrected chi connectivity index (χ2v) is 9.27. The molecule has 1 aliphatic heterocycles. The number of amides is 1. The zero-order valence-corrected chi connectivity index (χ0v) is 20.8. The Balaban J connectivity index is 1.39. The van der Waals surface area contributed by atoms with Crippen molar-refractivity contribution in [1.82, 2.24) is 9.80 Å². The lowest BCUT2D eigenvalue weighted by Gasteiger charge is -2.37. The van der Waals surface area contributed by atoms with E-state index in [4.69, 9.17) is 33.0 Å². The summed E-state index contributed by atoms with van der Waals surface area (Å²) in [5, 5.41) is 12.7. The summed E-state index contributed by atoms with van der Waals surface area (Å²) in [4.78, 5) is 17.2. The second kappa shape index (κ2) is 12.1. The lowest BCUT2D eigenvalue weighted by atomic mass is 10.0. The van der Waals surface area contributed by atoms with E-state index in [2.05, 4.69) is 34.5 Å². The van der Waals surface area contributed by atoms with Crippen molar-refractivity contribution in [2.75, 3.05) is 25.0 Å². The highest BCUT2D eigenvalue weighted by molar-refractivity contribution is 6.42. The predicted molar refractivity (Wildman–Crippen MR) is 141 cm³/mol. The number of likely N-dealkylation sites (tertiary alicyclic amines) is 1. The zero-order valence-electron chi connectivity index (χ0n) is 19.3. The van der Waals surface area contributed by atoms with Gasteiger partial charge in [-0.25, -0.2) is 0 Å². The molecule has 0 atom stereocenters.